The number of hydrogen-bond donors (Lipinski definition) is 0. The number of carbonyl (C=O) groups excluding carboxylic acids is 1. The van der Waals surface area contributed by atoms with Crippen LogP contribution in [0.25, 0.3) is 0 Å². The highest BCUT2D eigenvalue weighted by molar-refractivity contribution is 6.04. The molecule has 0 saturated carbocycles. The van der Waals surface area contributed by atoms with Gasteiger partial charge in [-0.3, -0.25) is 4.79 Å². The standard InChI is InChI=1S/C24H33O/c1-7-18(6)23(19-11-9-8-10-12-19)24(25)21-14-13-20(16(2)3)15-22(21)17(4)5/h8-18,20,23H,7H2,1-6H3. The second kappa shape index (κ2) is 8.65. The van der Waals surface area contributed by atoms with Crippen molar-refractivity contribution in [3.8, 4) is 0 Å². The minimum absolute atomic E-state index is 0.0661. The van der Waals surface area contributed by atoms with E-state index in [1.165, 1.54) is 5.57 Å². The van der Waals surface area contributed by atoms with Crippen molar-refractivity contribution in [2.24, 2.45) is 23.7 Å². The largest absolute Gasteiger partial charge is 0.293 e. The Morgan fingerprint density at radius 1 is 1.04 bits per heavy atom. The number of carbonyl (C=O) groups is 1. The van der Waals surface area contributed by atoms with E-state index in [-0.39, 0.29) is 11.7 Å². The fourth-order valence-electron chi connectivity index (χ4n) is 3.60. The predicted molar refractivity (Wildman–Crippen MR) is 107 cm³/mol. The summed E-state index contributed by atoms with van der Waals surface area (Å²) >= 11 is 0. The van der Waals surface area contributed by atoms with Crippen molar-refractivity contribution < 1.29 is 4.79 Å². The molecular formula is C24H33O. The van der Waals surface area contributed by atoms with Gasteiger partial charge in [0, 0.05) is 11.5 Å². The highest BCUT2D eigenvalue weighted by Gasteiger charge is 2.31. The summed E-state index contributed by atoms with van der Waals surface area (Å²) in [6, 6.07) is 10.3. The molecule has 0 bridgehead atoms. The Morgan fingerprint density at radius 3 is 2.20 bits per heavy atom. The average molecular weight is 338 g/mol. The molecule has 1 aromatic rings. The number of hydrogen-bond acceptors (Lipinski definition) is 1. The Labute approximate surface area is 154 Å². The molecule has 25 heavy (non-hydrogen) atoms. The van der Waals surface area contributed by atoms with Gasteiger partial charge in [-0.25, -0.2) is 0 Å². The van der Waals surface area contributed by atoms with Gasteiger partial charge in [0.25, 0.3) is 0 Å². The van der Waals surface area contributed by atoms with Crippen molar-refractivity contribution in [1.29, 1.82) is 0 Å². The number of rotatable bonds is 7. The van der Waals surface area contributed by atoms with Crippen molar-refractivity contribution >= 4 is 5.78 Å². The van der Waals surface area contributed by atoms with Gasteiger partial charge >= 0.3 is 0 Å². The Morgan fingerprint density at radius 2 is 1.68 bits per heavy atom. The van der Waals surface area contributed by atoms with Crippen LogP contribution < -0.4 is 0 Å². The number of Topliss-reactive ketones (excluding diaryl/α,β-unsaturated/α-hetero) is 1. The topological polar surface area (TPSA) is 17.1 Å². The molecule has 1 aliphatic carbocycles. The molecule has 1 radical (unpaired) electrons. The van der Waals surface area contributed by atoms with Gasteiger partial charge in [0.15, 0.2) is 5.78 Å². The molecule has 1 aromatic carbocycles. The Kier molecular flexibility index (Phi) is 6.81. The third-order valence-electron chi connectivity index (χ3n) is 5.48. The van der Waals surface area contributed by atoms with Crippen LogP contribution in [0.3, 0.4) is 0 Å². The fourth-order valence-corrected chi connectivity index (χ4v) is 3.60. The van der Waals surface area contributed by atoms with E-state index in [1.54, 1.807) is 0 Å². The molecule has 0 aliphatic heterocycles. The highest BCUT2D eigenvalue weighted by atomic mass is 16.1. The van der Waals surface area contributed by atoms with Gasteiger partial charge in [-0.15, -0.1) is 0 Å². The van der Waals surface area contributed by atoms with E-state index < -0.39 is 0 Å². The Balaban J connectivity index is 2.43. The number of ketones is 1. The summed E-state index contributed by atoms with van der Waals surface area (Å²) in [5.41, 5.74) is 3.27. The van der Waals surface area contributed by atoms with Crippen LogP contribution in [-0.2, 0) is 4.79 Å². The van der Waals surface area contributed by atoms with Crippen LogP contribution >= 0.6 is 0 Å². The fraction of sp³-hybridized carbons (Fsp3) is 0.500. The van der Waals surface area contributed by atoms with E-state index in [2.05, 4.69) is 72.2 Å². The molecule has 3 unspecified atom stereocenters. The summed E-state index contributed by atoms with van der Waals surface area (Å²) in [6.07, 6.45) is 7.63. The molecule has 3 atom stereocenters. The zero-order chi connectivity index (χ0) is 18.6. The van der Waals surface area contributed by atoms with Gasteiger partial charge in [0.1, 0.15) is 0 Å². The summed E-state index contributed by atoms with van der Waals surface area (Å²) in [4.78, 5) is 13.6. The van der Waals surface area contributed by atoms with Crippen LogP contribution in [0.1, 0.15) is 59.4 Å². The molecule has 135 valence electrons. The van der Waals surface area contributed by atoms with Gasteiger partial charge < -0.3 is 0 Å². The molecule has 1 aliphatic rings. The van der Waals surface area contributed by atoms with Crippen molar-refractivity contribution in [2.75, 3.05) is 0 Å². The van der Waals surface area contributed by atoms with Gasteiger partial charge in [0.2, 0.25) is 0 Å². The maximum Gasteiger partial charge on any atom is 0.170 e. The van der Waals surface area contributed by atoms with Crippen LogP contribution in [0.5, 0.6) is 0 Å². The Hall–Kier alpha value is -1.63. The monoisotopic (exact) mass is 337 g/mol. The summed E-state index contributed by atoms with van der Waals surface area (Å²) in [6.45, 7) is 13.2. The first-order valence-electron chi connectivity index (χ1n) is 9.73. The minimum Gasteiger partial charge on any atom is -0.293 e. The first-order chi connectivity index (χ1) is 11.9. The molecule has 1 nitrogen and oxygen atoms in total. The molecule has 0 spiro atoms. The zero-order valence-corrected chi connectivity index (χ0v) is 16.6. The summed E-state index contributed by atoms with van der Waals surface area (Å²) < 4.78 is 0. The molecule has 0 fully saturated rings. The van der Waals surface area contributed by atoms with E-state index in [4.69, 9.17) is 0 Å². The molecule has 2 rings (SSSR count). The van der Waals surface area contributed by atoms with E-state index in [1.807, 2.05) is 18.2 Å². The first-order valence-corrected chi connectivity index (χ1v) is 9.73. The summed E-state index contributed by atoms with van der Waals surface area (Å²) in [5, 5.41) is 0. The second-order valence-electron chi connectivity index (χ2n) is 8.01. The SMILES string of the molecule is CCC(C)C(C(=O)C1=C(C(C)C)[CH]C(C(C)C)C=C1)c1ccccc1. The van der Waals surface area contributed by atoms with Crippen molar-refractivity contribution in [3.63, 3.8) is 0 Å². The number of allylic oxidation sites excluding steroid dienone is 4. The molecular weight excluding hydrogens is 304 g/mol. The van der Waals surface area contributed by atoms with Crippen LogP contribution in [0.4, 0.5) is 0 Å². The number of benzene rings is 1. The van der Waals surface area contributed by atoms with Crippen molar-refractivity contribution in [1.82, 2.24) is 0 Å². The van der Waals surface area contributed by atoms with Crippen molar-refractivity contribution in [3.05, 3.63) is 65.6 Å². The van der Waals surface area contributed by atoms with Crippen LogP contribution in [0.2, 0.25) is 0 Å². The van der Waals surface area contributed by atoms with Crippen molar-refractivity contribution in [2.45, 2.75) is 53.9 Å². The molecule has 0 saturated heterocycles. The predicted octanol–water partition coefficient (Wildman–Crippen LogP) is 6.38. The third kappa shape index (κ3) is 4.51. The minimum atomic E-state index is -0.0661. The molecule has 0 N–H and O–H groups in total. The van der Waals surface area contributed by atoms with Crippen LogP contribution in [0.15, 0.2) is 53.6 Å². The third-order valence-corrected chi connectivity index (χ3v) is 5.48. The molecule has 0 aromatic heterocycles. The zero-order valence-electron chi connectivity index (χ0n) is 16.6. The maximum atomic E-state index is 13.6. The average Bonchev–Trinajstić information content (AvgIpc) is 2.61. The van der Waals surface area contributed by atoms with Gasteiger partial charge in [0.05, 0.1) is 0 Å². The van der Waals surface area contributed by atoms with Gasteiger partial charge in [-0.2, -0.15) is 0 Å². The lowest BCUT2D eigenvalue weighted by Crippen LogP contribution is -2.25. The van der Waals surface area contributed by atoms with Crippen LogP contribution in [-0.4, -0.2) is 5.78 Å². The van der Waals surface area contributed by atoms with Gasteiger partial charge in [-0.05, 0) is 35.7 Å². The highest BCUT2D eigenvalue weighted by Crippen LogP contribution is 2.37. The van der Waals surface area contributed by atoms with Crippen LogP contribution in [0, 0.1) is 30.1 Å². The van der Waals surface area contributed by atoms with E-state index in [9.17, 15) is 4.79 Å². The smallest absolute Gasteiger partial charge is 0.170 e. The first kappa shape index (κ1) is 19.7. The quantitative estimate of drug-likeness (QED) is 0.564. The lowest BCUT2D eigenvalue weighted by molar-refractivity contribution is -0.117. The van der Waals surface area contributed by atoms with E-state index in [0.29, 0.717) is 23.7 Å². The Bertz CT molecular complexity index is 633. The molecule has 1 heteroatoms. The lowest BCUT2D eigenvalue weighted by Gasteiger charge is -2.30. The molecule has 0 heterocycles. The normalized spacial score (nSPS) is 20.2. The summed E-state index contributed by atoms with van der Waals surface area (Å²) in [5.74, 6) is 1.88. The lowest BCUT2D eigenvalue weighted by atomic mass is 9.73. The molecule has 0 amide bonds. The van der Waals surface area contributed by atoms with Gasteiger partial charge in [-0.1, -0.05) is 96.0 Å². The van der Waals surface area contributed by atoms with E-state index in [0.717, 1.165) is 17.6 Å². The summed E-state index contributed by atoms with van der Waals surface area (Å²) in [7, 11) is 0. The van der Waals surface area contributed by atoms with E-state index >= 15 is 0 Å². The second-order valence-corrected chi connectivity index (χ2v) is 8.01. The maximum absolute atomic E-state index is 13.6.